The highest BCUT2D eigenvalue weighted by atomic mass is 19.1. The van der Waals surface area contributed by atoms with Crippen LogP contribution in [0.25, 0.3) is 0 Å². The number of hydrogen-bond donors (Lipinski definition) is 2. The van der Waals surface area contributed by atoms with E-state index in [2.05, 4.69) is 5.32 Å². The van der Waals surface area contributed by atoms with Crippen LogP contribution in [-0.4, -0.2) is 17.9 Å². The summed E-state index contributed by atoms with van der Waals surface area (Å²) in [6, 6.07) is 33.2. The van der Waals surface area contributed by atoms with Crippen LogP contribution in [0, 0.1) is 5.82 Å². The normalized spacial score (nSPS) is 12.0. The summed E-state index contributed by atoms with van der Waals surface area (Å²) in [4.78, 5) is 26.6. The molecule has 34 heavy (non-hydrogen) atoms. The SMILES string of the molecule is NC(=O)[C@H](Cc1ccc(F)cc1)NC(=O)C(c1ccccc1)(c1ccccc1)c1ccccc1. The fourth-order valence-electron chi connectivity index (χ4n) is 4.30. The van der Waals surface area contributed by atoms with E-state index in [0.29, 0.717) is 5.56 Å². The number of nitrogens with two attached hydrogens (primary N) is 1. The zero-order valence-electron chi connectivity index (χ0n) is 18.5. The molecule has 4 rings (SSSR count). The molecule has 0 saturated heterocycles. The molecule has 5 heteroatoms. The quantitative estimate of drug-likeness (QED) is 0.390. The number of nitrogens with one attached hydrogen (secondary N) is 1. The Morgan fingerprint density at radius 3 is 1.50 bits per heavy atom. The van der Waals surface area contributed by atoms with Crippen LogP contribution >= 0.6 is 0 Å². The molecule has 3 N–H and O–H groups in total. The summed E-state index contributed by atoms with van der Waals surface area (Å²) in [5.74, 6) is -1.41. The summed E-state index contributed by atoms with van der Waals surface area (Å²) in [7, 11) is 0. The standard InChI is InChI=1S/C29H25FN2O2/c30-25-18-16-21(17-19-25)20-26(27(31)33)32-28(34)29(22-10-4-1-5-11-22,23-12-6-2-7-13-23)24-14-8-3-9-15-24/h1-19,26H,20H2,(H2,31,33)(H,32,34)/t26-/m0/s1. The van der Waals surface area contributed by atoms with Crippen molar-refractivity contribution >= 4 is 11.8 Å². The Kier molecular flexibility index (Phi) is 6.83. The topological polar surface area (TPSA) is 72.2 Å². The summed E-state index contributed by atoms with van der Waals surface area (Å²) >= 11 is 0. The number of rotatable bonds is 8. The molecule has 0 radical (unpaired) electrons. The van der Waals surface area contributed by atoms with Crippen molar-refractivity contribution in [3.63, 3.8) is 0 Å². The van der Waals surface area contributed by atoms with Crippen LogP contribution in [0.2, 0.25) is 0 Å². The Hall–Kier alpha value is -4.25. The molecule has 0 spiro atoms. The monoisotopic (exact) mass is 452 g/mol. The van der Waals surface area contributed by atoms with Crippen LogP contribution in [0.4, 0.5) is 4.39 Å². The van der Waals surface area contributed by atoms with Crippen molar-refractivity contribution in [2.75, 3.05) is 0 Å². The molecule has 1 atom stereocenters. The molecule has 0 aliphatic rings. The van der Waals surface area contributed by atoms with E-state index >= 15 is 0 Å². The lowest BCUT2D eigenvalue weighted by atomic mass is 9.68. The molecule has 4 aromatic carbocycles. The number of carbonyl (C=O) groups excluding carboxylic acids is 2. The second-order valence-electron chi connectivity index (χ2n) is 8.11. The van der Waals surface area contributed by atoms with Gasteiger partial charge in [-0.05, 0) is 34.4 Å². The average molecular weight is 453 g/mol. The number of benzene rings is 4. The Bertz CT molecular complexity index is 1150. The van der Waals surface area contributed by atoms with Crippen LogP contribution in [0.3, 0.4) is 0 Å². The molecular formula is C29H25FN2O2. The smallest absolute Gasteiger partial charge is 0.240 e. The number of hydrogen-bond acceptors (Lipinski definition) is 2. The minimum absolute atomic E-state index is 0.149. The third kappa shape index (κ3) is 4.59. The van der Waals surface area contributed by atoms with Gasteiger partial charge < -0.3 is 11.1 Å². The molecular weight excluding hydrogens is 427 g/mol. The second kappa shape index (κ2) is 10.1. The van der Waals surface area contributed by atoms with Gasteiger partial charge in [0.2, 0.25) is 11.8 Å². The first kappa shape index (κ1) is 22.9. The van der Waals surface area contributed by atoms with Gasteiger partial charge in [-0.25, -0.2) is 4.39 Å². The summed E-state index contributed by atoms with van der Waals surface area (Å²) in [5, 5.41) is 2.91. The van der Waals surface area contributed by atoms with E-state index in [4.69, 9.17) is 5.73 Å². The molecule has 0 bridgehead atoms. The maximum Gasteiger partial charge on any atom is 0.240 e. The minimum atomic E-state index is -1.22. The van der Waals surface area contributed by atoms with E-state index in [9.17, 15) is 14.0 Å². The zero-order chi connectivity index (χ0) is 24.0. The Morgan fingerprint density at radius 2 is 1.12 bits per heavy atom. The van der Waals surface area contributed by atoms with Crippen molar-refractivity contribution in [1.29, 1.82) is 0 Å². The molecule has 170 valence electrons. The van der Waals surface area contributed by atoms with Gasteiger partial charge in [0, 0.05) is 6.42 Å². The van der Waals surface area contributed by atoms with E-state index in [0.717, 1.165) is 16.7 Å². The van der Waals surface area contributed by atoms with Gasteiger partial charge in [-0.15, -0.1) is 0 Å². The lowest BCUT2D eigenvalue weighted by Crippen LogP contribution is -2.54. The highest BCUT2D eigenvalue weighted by Crippen LogP contribution is 2.39. The lowest BCUT2D eigenvalue weighted by molar-refractivity contribution is -0.129. The Morgan fingerprint density at radius 1 is 0.706 bits per heavy atom. The molecule has 0 heterocycles. The molecule has 4 aromatic rings. The van der Waals surface area contributed by atoms with Gasteiger partial charge in [0.25, 0.3) is 0 Å². The van der Waals surface area contributed by atoms with Crippen molar-refractivity contribution in [2.24, 2.45) is 5.73 Å². The number of carbonyl (C=O) groups is 2. The first-order chi connectivity index (χ1) is 16.5. The van der Waals surface area contributed by atoms with E-state index in [1.54, 1.807) is 12.1 Å². The fourth-order valence-corrected chi connectivity index (χ4v) is 4.30. The highest BCUT2D eigenvalue weighted by Gasteiger charge is 2.44. The minimum Gasteiger partial charge on any atom is -0.368 e. The van der Waals surface area contributed by atoms with Crippen LogP contribution in [-0.2, 0) is 21.4 Å². The van der Waals surface area contributed by atoms with Crippen LogP contribution in [0.15, 0.2) is 115 Å². The Labute approximate surface area is 198 Å². The molecule has 0 fully saturated rings. The van der Waals surface area contributed by atoms with Crippen LogP contribution < -0.4 is 11.1 Å². The van der Waals surface area contributed by atoms with Crippen molar-refractivity contribution in [3.05, 3.63) is 143 Å². The van der Waals surface area contributed by atoms with Gasteiger partial charge in [-0.1, -0.05) is 103 Å². The molecule has 2 amide bonds. The zero-order valence-corrected chi connectivity index (χ0v) is 18.5. The first-order valence-electron chi connectivity index (χ1n) is 11.0. The second-order valence-corrected chi connectivity index (χ2v) is 8.11. The number of halogens is 1. The van der Waals surface area contributed by atoms with Gasteiger partial charge in [0.1, 0.15) is 17.3 Å². The summed E-state index contributed by atoms with van der Waals surface area (Å²) < 4.78 is 13.4. The van der Waals surface area contributed by atoms with E-state index < -0.39 is 17.4 Å². The molecule has 0 saturated carbocycles. The van der Waals surface area contributed by atoms with Gasteiger partial charge in [-0.3, -0.25) is 9.59 Å². The maximum absolute atomic E-state index is 14.2. The third-order valence-corrected chi connectivity index (χ3v) is 5.96. The summed E-state index contributed by atoms with van der Waals surface area (Å²) in [6.45, 7) is 0. The molecule has 0 unspecified atom stereocenters. The van der Waals surface area contributed by atoms with Crippen LogP contribution in [0.1, 0.15) is 22.3 Å². The number of primary amides is 1. The first-order valence-corrected chi connectivity index (χ1v) is 11.0. The maximum atomic E-state index is 14.2. The van der Waals surface area contributed by atoms with Crippen molar-refractivity contribution < 1.29 is 14.0 Å². The van der Waals surface area contributed by atoms with Gasteiger partial charge in [-0.2, -0.15) is 0 Å². The van der Waals surface area contributed by atoms with Crippen LogP contribution in [0.5, 0.6) is 0 Å². The predicted octanol–water partition coefficient (Wildman–Crippen LogP) is 4.37. The van der Waals surface area contributed by atoms with Crippen molar-refractivity contribution in [3.8, 4) is 0 Å². The number of amides is 2. The average Bonchev–Trinajstić information content (AvgIpc) is 2.87. The summed E-state index contributed by atoms with van der Waals surface area (Å²) in [5.41, 5.74) is 7.44. The van der Waals surface area contributed by atoms with Gasteiger partial charge in [0.15, 0.2) is 0 Å². The molecule has 0 aliphatic carbocycles. The fraction of sp³-hybridized carbons (Fsp3) is 0.103. The van der Waals surface area contributed by atoms with Gasteiger partial charge >= 0.3 is 0 Å². The lowest BCUT2D eigenvalue weighted by Gasteiger charge is -2.35. The van der Waals surface area contributed by atoms with E-state index in [1.807, 2.05) is 91.0 Å². The largest absolute Gasteiger partial charge is 0.368 e. The van der Waals surface area contributed by atoms with E-state index in [-0.39, 0.29) is 18.1 Å². The van der Waals surface area contributed by atoms with Gasteiger partial charge in [0.05, 0.1) is 0 Å². The third-order valence-electron chi connectivity index (χ3n) is 5.96. The highest BCUT2D eigenvalue weighted by molar-refractivity contribution is 5.98. The van der Waals surface area contributed by atoms with Crippen molar-refractivity contribution in [2.45, 2.75) is 17.9 Å². The van der Waals surface area contributed by atoms with E-state index in [1.165, 1.54) is 12.1 Å². The molecule has 0 aliphatic heterocycles. The molecule has 4 nitrogen and oxygen atoms in total. The summed E-state index contributed by atoms with van der Waals surface area (Å²) in [6.07, 6.45) is 0.149. The predicted molar refractivity (Wildman–Crippen MR) is 130 cm³/mol. The van der Waals surface area contributed by atoms with Crippen molar-refractivity contribution in [1.82, 2.24) is 5.32 Å². The molecule has 0 aromatic heterocycles. The Balaban J connectivity index is 1.83.